The van der Waals surface area contributed by atoms with E-state index in [1.165, 1.54) is 11.3 Å². The molecular weight excluding hydrogens is 301 g/mol. The monoisotopic (exact) mass is 309 g/mol. The standard InChI is InChI=1S/C13H9ClFN3OS/c1-6-7(2)20-13(10(6)4-16)18-12(19)9-3-8(15)5-17-11(9)14/h3,5H,1-2H3,(H,18,19). The van der Waals surface area contributed by atoms with Crippen LogP contribution in [0.15, 0.2) is 12.3 Å². The van der Waals surface area contributed by atoms with Crippen molar-refractivity contribution in [1.82, 2.24) is 4.98 Å². The van der Waals surface area contributed by atoms with Gasteiger partial charge in [-0.2, -0.15) is 5.26 Å². The van der Waals surface area contributed by atoms with E-state index in [1.54, 1.807) is 6.92 Å². The van der Waals surface area contributed by atoms with Crippen molar-refractivity contribution < 1.29 is 9.18 Å². The Hall–Kier alpha value is -1.97. The molecule has 0 saturated carbocycles. The smallest absolute Gasteiger partial charge is 0.259 e. The van der Waals surface area contributed by atoms with Crippen LogP contribution in [-0.4, -0.2) is 10.9 Å². The Bertz CT molecular complexity index is 736. The number of nitriles is 1. The summed E-state index contributed by atoms with van der Waals surface area (Å²) in [7, 11) is 0. The van der Waals surface area contributed by atoms with Crippen molar-refractivity contribution in [1.29, 1.82) is 5.26 Å². The molecule has 2 aromatic heterocycles. The Kier molecular flexibility index (Phi) is 4.02. The van der Waals surface area contributed by atoms with Gasteiger partial charge >= 0.3 is 0 Å². The molecule has 2 heterocycles. The maximum atomic E-state index is 13.1. The molecule has 0 aliphatic heterocycles. The zero-order valence-corrected chi connectivity index (χ0v) is 12.2. The average Bonchev–Trinajstić information content (AvgIpc) is 2.67. The zero-order valence-electron chi connectivity index (χ0n) is 10.6. The number of anilines is 1. The molecule has 0 atom stereocenters. The molecule has 2 rings (SSSR count). The quantitative estimate of drug-likeness (QED) is 0.861. The van der Waals surface area contributed by atoms with Gasteiger partial charge in [0, 0.05) is 4.88 Å². The van der Waals surface area contributed by atoms with Crippen molar-refractivity contribution in [3.05, 3.63) is 44.8 Å². The summed E-state index contributed by atoms with van der Waals surface area (Å²) in [6.45, 7) is 3.66. The van der Waals surface area contributed by atoms with Gasteiger partial charge in [0.2, 0.25) is 0 Å². The van der Waals surface area contributed by atoms with Gasteiger partial charge in [-0.25, -0.2) is 9.37 Å². The van der Waals surface area contributed by atoms with Gasteiger partial charge in [0.25, 0.3) is 5.91 Å². The van der Waals surface area contributed by atoms with E-state index in [2.05, 4.69) is 10.3 Å². The number of nitrogens with one attached hydrogen (secondary N) is 1. The molecule has 0 fully saturated rings. The van der Waals surface area contributed by atoms with Crippen LogP contribution >= 0.6 is 22.9 Å². The second kappa shape index (κ2) is 5.57. The number of halogens is 2. The van der Waals surface area contributed by atoms with Gasteiger partial charge in [-0.3, -0.25) is 4.79 Å². The van der Waals surface area contributed by atoms with E-state index in [0.717, 1.165) is 22.7 Å². The highest BCUT2D eigenvalue weighted by molar-refractivity contribution is 7.16. The van der Waals surface area contributed by atoms with Crippen LogP contribution < -0.4 is 5.32 Å². The largest absolute Gasteiger partial charge is 0.312 e. The van der Waals surface area contributed by atoms with Crippen molar-refractivity contribution in [2.24, 2.45) is 0 Å². The lowest BCUT2D eigenvalue weighted by atomic mass is 10.2. The topological polar surface area (TPSA) is 65.8 Å². The highest BCUT2D eigenvalue weighted by Gasteiger charge is 2.18. The molecule has 20 heavy (non-hydrogen) atoms. The molecule has 102 valence electrons. The van der Waals surface area contributed by atoms with Crippen LogP contribution in [0.2, 0.25) is 5.15 Å². The summed E-state index contributed by atoms with van der Waals surface area (Å²) in [6, 6.07) is 3.04. The molecule has 0 unspecified atom stereocenters. The molecule has 4 nitrogen and oxygen atoms in total. The number of nitrogens with zero attached hydrogens (tertiary/aromatic N) is 2. The molecule has 0 aromatic carbocycles. The minimum absolute atomic E-state index is 0.0701. The molecule has 1 amide bonds. The minimum Gasteiger partial charge on any atom is -0.312 e. The molecule has 7 heteroatoms. The summed E-state index contributed by atoms with van der Waals surface area (Å²) in [5, 5.41) is 12.0. The first kappa shape index (κ1) is 14.4. The van der Waals surface area contributed by atoms with Crippen molar-refractivity contribution in [3.8, 4) is 6.07 Å². The van der Waals surface area contributed by atoms with Gasteiger partial charge in [-0.05, 0) is 25.5 Å². The lowest BCUT2D eigenvalue weighted by Gasteiger charge is -2.05. The average molecular weight is 310 g/mol. The number of amides is 1. The summed E-state index contributed by atoms with van der Waals surface area (Å²) in [6.07, 6.45) is 0.930. The second-order valence-electron chi connectivity index (χ2n) is 4.05. The van der Waals surface area contributed by atoms with Crippen LogP contribution in [-0.2, 0) is 0 Å². The molecule has 1 N–H and O–H groups in total. The molecule has 0 saturated heterocycles. The normalized spacial score (nSPS) is 10.2. The molecular formula is C13H9ClFN3OS. The van der Waals surface area contributed by atoms with E-state index in [9.17, 15) is 9.18 Å². The van der Waals surface area contributed by atoms with Crippen molar-refractivity contribution in [2.75, 3.05) is 5.32 Å². The first-order valence-electron chi connectivity index (χ1n) is 5.56. The number of hydrogen-bond donors (Lipinski definition) is 1. The highest BCUT2D eigenvalue weighted by atomic mass is 35.5. The first-order chi connectivity index (χ1) is 9.43. The van der Waals surface area contributed by atoms with Crippen LogP contribution in [0.5, 0.6) is 0 Å². The predicted molar refractivity (Wildman–Crippen MR) is 75.7 cm³/mol. The maximum Gasteiger partial charge on any atom is 0.259 e. The number of carbonyl (C=O) groups is 1. The van der Waals surface area contributed by atoms with Gasteiger partial charge in [0.15, 0.2) is 0 Å². The molecule has 0 spiro atoms. The van der Waals surface area contributed by atoms with Crippen LogP contribution in [0, 0.1) is 31.0 Å². The Morgan fingerprint density at radius 1 is 1.55 bits per heavy atom. The van der Waals surface area contributed by atoms with E-state index < -0.39 is 11.7 Å². The summed E-state index contributed by atoms with van der Waals surface area (Å²) in [5.41, 5.74) is 1.15. The number of aromatic nitrogens is 1. The van der Waals surface area contributed by atoms with Crippen LogP contribution in [0.4, 0.5) is 9.39 Å². The molecule has 2 aromatic rings. The van der Waals surface area contributed by atoms with Crippen LogP contribution in [0.3, 0.4) is 0 Å². The number of thiophene rings is 1. The van der Waals surface area contributed by atoms with E-state index in [4.69, 9.17) is 16.9 Å². The predicted octanol–water partition coefficient (Wildman–Crippen LogP) is 3.68. The summed E-state index contributed by atoms with van der Waals surface area (Å²) < 4.78 is 13.1. The number of carbonyl (C=O) groups excluding carboxylic acids is 1. The summed E-state index contributed by atoms with van der Waals surface area (Å²) in [4.78, 5) is 16.6. The third-order valence-corrected chi connectivity index (χ3v) is 4.20. The Morgan fingerprint density at radius 2 is 2.25 bits per heavy atom. The van der Waals surface area contributed by atoms with E-state index in [0.29, 0.717) is 10.6 Å². The van der Waals surface area contributed by atoms with Crippen molar-refractivity contribution in [3.63, 3.8) is 0 Å². The fourth-order valence-corrected chi connectivity index (χ4v) is 2.80. The highest BCUT2D eigenvalue weighted by Crippen LogP contribution is 2.32. The van der Waals surface area contributed by atoms with E-state index >= 15 is 0 Å². The van der Waals surface area contributed by atoms with Gasteiger partial charge in [-0.15, -0.1) is 11.3 Å². The fraction of sp³-hybridized carbons (Fsp3) is 0.154. The molecule has 0 aliphatic carbocycles. The van der Waals surface area contributed by atoms with Crippen molar-refractivity contribution >= 4 is 33.8 Å². The Balaban J connectivity index is 2.36. The molecule has 0 aliphatic rings. The van der Waals surface area contributed by atoms with Gasteiger partial charge < -0.3 is 5.32 Å². The molecule has 0 radical (unpaired) electrons. The zero-order chi connectivity index (χ0) is 14.9. The van der Waals surface area contributed by atoms with Gasteiger partial charge in [0.1, 0.15) is 22.0 Å². The van der Waals surface area contributed by atoms with E-state index in [1.807, 2.05) is 13.0 Å². The Labute approximate surface area is 123 Å². The fourth-order valence-electron chi connectivity index (χ4n) is 1.60. The third-order valence-electron chi connectivity index (χ3n) is 2.77. The van der Waals surface area contributed by atoms with Gasteiger partial charge in [-0.1, -0.05) is 11.6 Å². The number of hydrogen-bond acceptors (Lipinski definition) is 4. The SMILES string of the molecule is Cc1sc(NC(=O)c2cc(F)cnc2Cl)c(C#N)c1C. The summed E-state index contributed by atoms with van der Waals surface area (Å²) >= 11 is 7.05. The third kappa shape index (κ3) is 2.64. The van der Waals surface area contributed by atoms with Crippen LogP contribution in [0.1, 0.15) is 26.4 Å². The number of rotatable bonds is 2. The maximum absolute atomic E-state index is 13.1. The Morgan fingerprint density at radius 3 is 2.90 bits per heavy atom. The lowest BCUT2D eigenvalue weighted by molar-refractivity contribution is 0.102. The van der Waals surface area contributed by atoms with Gasteiger partial charge in [0.05, 0.1) is 17.3 Å². The number of aryl methyl sites for hydroxylation is 1. The summed E-state index contributed by atoms with van der Waals surface area (Å²) in [5.74, 6) is -1.25. The second-order valence-corrected chi connectivity index (χ2v) is 5.63. The van der Waals surface area contributed by atoms with Crippen LogP contribution in [0.25, 0.3) is 0 Å². The first-order valence-corrected chi connectivity index (χ1v) is 6.76. The molecule has 0 bridgehead atoms. The lowest BCUT2D eigenvalue weighted by Crippen LogP contribution is -2.13. The van der Waals surface area contributed by atoms with E-state index in [-0.39, 0.29) is 10.7 Å². The number of pyridine rings is 1. The van der Waals surface area contributed by atoms with Crippen molar-refractivity contribution in [2.45, 2.75) is 13.8 Å². The minimum atomic E-state index is -0.654.